The van der Waals surface area contributed by atoms with Gasteiger partial charge in [0.2, 0.25) is 0 Å². The fraction of sp³-hybridized carbons (Fsp3) is 0.467. The molecule has 0 bridgehead atoms. The summed E-state index contributed by atoms with van der Waals surface area (Å²) in [5.41, 5.74) is 0.950. The molecule has 0 radical (unpaired) electrons. The van der Waals surface area contributed by atoms with E-state index in [0.717, 1.165) is 18.4 Å². The molecule has 0 spiro atoms. The SMILES string of the molecule is CN(Cc1ccc(OCC(=O)O)cc1)C(=O)C1CCCO1. The van der Waals surface area contributed by atoms with E-state index in [1.807, 2.05) is 12.1 Å². The average Bonchev–Trinajstić information content (AvgIpc) is 2.99. The number of carbonyl (C=O) groups excluding carboxylic acids is 1. The van der Waals surface area contributed by atoms with Crippen LogP contribution in [0.1, 0.15) is 18.4 Å². The Hall–Kier alpha value is -2.08. The van der Waals surface area contributed by atoms with Gasteiger partial charge in [-0.2, -0.15) is 0 Å². The van der Waals surface area contributed by atoms with Gasteiger partial charge >= 0.3 is 5.97 Å². The van der Waals surface area contributed by atoms with Crippen LogP contribution in [0.4, 0.5) is 0 Å². The van der Waals surface area contributed by atoms with Crippen LogP contribution in [0, 0.1) is 0 Å². The van der Waals surface area contributed by atoms with Gasteiger partial charge in [0.05, 0.1) is 0 Å². The molecule has 1 atom stereocenters. The summed E-state index contributed by atoms with van der Waals surface area (Å²) in [6.07, 6.45) is 1.40. The first-order chi connectivity index (χ1) is 10.1. The normalized spacial score (nSPS) is 17.5. The van der Waals surface area contributed by atoms with Crippen LogP contribution in [0.3, 0.4) is 0 Å². The molecule has 1 aliphatic heterocycles. The molecule has 6 nitrogen and oxygen atoms in total. The van der Waals surface area contributed by atoms with Gasteiger partial charge in [-0.3, -0.25) is 4.79 Å². The van der Waals surface area contributed by atoms with Crippen LogP contribution >= 0.6 is 0 Å². The summed E-state index contributed by atoms with van der Waals surface area (Å²) in [6, 6.07) is 7.03. The van der Waals surface area contributed by atoms with Gasteiger partial charge in [-0.1, -0.05) is 12.1 Å². The van der Waals surface area contributed by atoms with Crippen LogP contribution in [0.5, 0.6) is 5.75 Å². The summed E-state index contributed by atoms with van der Waals surface area (Å²) in [5.74, 6) is -0.520. The predicted molar refractivity (Wildman–Crippen MR) is 75.0 cm³/mol. The summed E-state index contributed by atoms with van der Waals surface area (Å²) >= 11 is 0. The maximum absolute atomic E-state index is 12.1. The van der Waals surface area contributed by atoms with Gasteiger partial charge in [-0.05, 0) is 30.5 Å². The lowest BCUT2D eigenvalue weighted by molar-refractivity contribution is -0.140. The van der Waals surface area contributed by atoms with E-state index in [1.54, 1.807) is 24.1 Å². The third-order valence-electron chi connectivity index (χ3n) is 3.29. The van der Waals surface area contributed by atoms with Gasteiger partial charge in [0, 0.05) is 20.2 Å². The van der Waals surface area contributed by atoms with Crippen molar-refractivity contribution in [1.82, 2.24) is 4.90 Å². The maximum Gasteiger partial charge on any atom is 0.341 e. The standard InChI is InChI=1S/C15H19NO5/c1-16(15(19)13-3-2-8-20-13)9-11-4-6-12(7-5-11)21-10-14(17)18/h4-7,13H,2-3,8-10H2,1H3,(H,17,18). The van der Waals surface area contributed by atoms with Gasteiger partial charge < -0.3 is 19.5 Å². The molecule has 1 heterocycles. The zero-order valence-electron chi connectivity index (χ0n) is 11.9. The number of carboxylic acids is 1. The first-order valence-corrected chi connectivity index (χ1v) is 6.86. The zero-order valence-corrected chi connectivity index (χ0v) is 11.9. The van der Waals surface area contributed by atoms with Gasteiger partial charge in [-0.25, -0.2) is 4.79 Å². The first-order valence-electron chi connectivity index (χ1n) is 6.86. The van der Waals surface area contributed by atoms with Crippen molar-refractivity contribution < 1.29 is 24.2 Å². The van der Waals surface area contributed by atoms with Crippen LogP contribution < -0.4 is 4.74 Å². The Balaban J connectivity index is 1.87. The lowest BCUT2D eigenvalue weighted by Crippen LogP contribution is -2.35. The van der Waals surface area contributed by atoms with Crippen molar-refractivity contribution in [2.45, 2.75) is 25.5 Å². The molecule has 0 aliphatic carbocycles. The van der Waals surface area contributed by atoms with E-state index in [9.17, 15) is 9.59 Å². The monoisotopic (exact) mass is 293 g/mol. The number of nitrogens with zero attached hydrogens (tertiary/aromatic N) is 1. The minimum atomic E-state index is -1.01. The van der Waals surface area contributed by atoms with Crippen molar-refractivity contribution in [2.24, 2.45) is 0 Å². The van der Waals surface area contributed by atoms with Crippen molar-refractivity contribution in [3.63, 3.8) is 0 Å². The number of ether oxygens (including phenoxy) is 2. The van der Waals surface area contributed by atoms with Crippen LogP contribution in [0.15, 0.2) is 24.3 Å². The van der Waals surface area contributed by atoms with E-state index in [1.165, 1.54) is 0 Å². The molecule has 1 unspecified atom stereocenters. The average molecular weight is 293 g/mol. The van der Waals surface area contributed by atoms with Gasteiger partial charge in [0.1, 0.15) is 11.9 Å². The van der Waals surface area contributed by atoms with E-state index < -0.39 is 5.97 Å². The second-order valence-electron chi connectivity index (χ2n) is 5.02. The van der Waals surface area contributed by atoms with E-state index in [4.69, 9.17) is 14.6 Å². The fourth-order valence-corrected chi connectivity index (χ4v) is 2.21. The second kappa shape index (κ2) is 7.08. The Kier molecular flexibility index (Phi) is 5.16. The molecule has 114 valence electrons. The van der Waals surface area contributed by atoms with E-state index in [-0.39, 0.29) is 18.6 Å². The Morgan fingerprint density at radius 2 is 2.10 bits per heavy atom. The summed E-state index contributed by atoms with van der Waals surface area (Å²) in [7, 11) is 1.75. The van der Waals surface area contributed by atoms with Gasteiger partial charge in [0.25, 0.3) is 5.91 Å². The van der Waals surface area contributed by atoms with Gasteiger partial charge in [0.15, 0.2) is 6.61 Å². The number of hydrogen-bond donors (Lipinski definition) is 1. The molecule has 1 fully saturated rings. The number of likely N-dealkylation sites (N-methyl/N-ethyl adjacent to an activating group) is 1. The predicted octanol–water partition coefficient (Wildman–Crippen LogP) is 1.29. The summed E-state index contributed by atoms with van der Waals surface area (Å²) in [5, 5.41) is 8.53. The molecule has 1 aliphatic rings. The Morgan fingerprint density at radius 1 is 1.38 bits per heavy atom. The van der Waals surface area contributed by atoms with Crippen molar-refractivity contribution in [1.29, 1.82) is 0 Å². The number of aliphatic carboxylic acids is 1. The van der Waals surface area contributed by atoms with Crippen molar-refractivity contribution in [3.05, 3.63) is 29.8 Å². The first kappa shape index (κ1) is 15.3. The smallest absolute Gasteiger partial charge is 0.341 e. The van der Waals surface area contributed by atoms with Crippen molar-refractivity contribution in [2.75, 3.05) is 20.3 Å². The lowest BCUT2D eigenvalue weighted by Gasteiger charge is -2.20. The number of carbonyl (C=O) groups is 2. The number of benzene rings is 1. The van der Waals surface area contributed by atoms with Gasteiger partial charge in [-0.15, -0.1) is 0 Å². The van der Waals surface area contributed by atoms with Crippen molar-refractivity contribution >= 4 is 11.9 Å². The zero-order chi connectivity index (χ0) is 15.2. The number of amides is 1. The molecule has 21 heavy (non-hydrogen) atoms. The van der Waals surface area contributed by atoms with Crippen LogP contribution in [0.25, 0.3) is 0 Å². The largest absolute Gasteiger partial charge is 0.482 e. The molecule has 1 saturated heterocycles. The Morgan fingerprint density at radius 3 is 2.67 bits per heavy atom. The molecule has 2 rings (SSSR count). The molecule has 6 heteroatoms. The fourth-order valence-electron chi connectivity index (χ4n) is 2.21. The highest BCUT2D eigenvalue weighted by Gasteiger charge is 2.26. The molecule has 0 aromatic heterocycles. The number of hydrogen-bond acceptors (Lipinski definition) is 4. The van der Waals surface area contributed by atoms with Crippen LogP contribution in [-0.2, 0) is 20.9 Å². The molecule has 1 N–H and O–H groups in total. The minimum absolute atomic E-state index is 0.00120. The van der Waals surface area contributed by atoms with E-state index in [0.29, 0.717) is 18.9 Å². The number of carboxylic acid groups (broad SMARTS) is 1. The highest BCUT2D eigenvalue weighted by Crippen LogP contribution is 2.17. The Bertz CT molecular complexity index is 493. The van der Waals surface area contributed by atoms with Crippen LogP contribution in [-0.4, -0.2) is 48.2 Å². The maximum atomic E-state index is 12.1. The van der Waals surface area contributed by atoms with Crippen LogP contribution in [0.2, 0.25) is 0 Å². The summed E-state index contributed by atoms with van der Waals surface area (Å²) in [6.45, 7) is 0.772. The second-order valence-corrected chi connectivity index (χ2v) is 5.02. The molecule has 1 amide bonds. The summed E-state index contributed by atoms with van der Waals surface area (Å²) in [4.78, 5) is 24.2. The molecule has 0 saturated carbocycles. The van der Waals surface area contributed by atoms with Crippen molar-refractivity contribution in [3.8, 4) is 5.75 Å². The lowest BCUT2D eigenvalue weighted by atomic mass is 10.2. The highest BCUT2D eigenvalue weighted by molar-refractivity contribution is 5.80. The minimum Gasteiger partial charge on any atom is -0.482 e. The highest BCUT2D eigenvalue weighted by atomic mass is 16.5. The third-order valence-corrected chi connectivity index (χ3v) is 3.29. The third kappa shape index (κ3) is 4.46. The molecule has 1 aromatic carbocycles. The Labute approximate surface area is 123 Å². The molecular weight excluding hydrogens is 274 g/mol. The van der Waals surface area contributed by atoms with E-state index >= 15 is 0 Å². The van der Waals surface area contributed by atoms with E-state index in [2.05, 4.69) is 0 Å². The molecule has 1 aromatic rings. The quantitative estimate of drug-likeness (QED) is 0.855. The number of rotatable bonds is 6. The topological polar surface area (TPSA) is 76.1 Å². The summed E-state index contributed by atoms with van der Waals surface area (Å²) < 4.78 is 10.4. The molecular formula is C15H19NO5.